The van der Waals surface area contributed by atoms with Crippen LogP contribution in [0.1, 0.15) is 11.3 Å². The number of aromatic amines is 1. The van der Waals surface area contributed by atoms with Gasteiger partial charge in [0.15, 0.2) is 0 Å². The van der Waals surface area contributed by atoms with E-state index in [0.717, 1.165) is 12.2 Å². The summed E-state index contributed by atoms with van der Waals surface area (Å²) in [6.07, 6.45) is 2.07. The van der Waals surface area contributed by atoms with E-state index >= 15 is 0 Å². The second-order valence-corrected chi connectivity index (χ2v) is 4.32. The number of piperazine rings is 1. The minimum absolute atomic E-state index is 0.600. The highest BCUT2D eigenvalue weighted by molar-refractivity contribution is 5.16. The lowest BCUT2D eigenvalue weighted by Crippen LogP contribution is -2.43. The maximum Gasteiger partial charge on any atom is 0.0332 e. The van der Waals surface area contributed by atoms with Crippen molar-refractivity contribution in [2.45, 2.75) is 13.1 Å². The van der Waals surface area contributed by atoms with Crippen LogP contribution in [0, 0.1) is 0 Å². The molecule has 0 aromatic carbocycles. The molecule has 0 bridgehead atoms. The zero-order valence-electron chi connectivity index (χ0n) is 9.37. The number of H-pyrrole nitrogens is 1. The molecule has 2 heterocycles. The Bertz CT molecular complexity index is 299. The molecule has 3 N–H and O–H groups in total. The van der Waals surface area contributed by atoms with Crippen molar-refractivity contribution in [2.75, 3.05) is 33.2 Å². The van der Waals surface area contributed by atoms with E-state index in [-0.39, 0.29) is 0 Å². The molecule has 15 heavy (non-hydrogen) atoms. The second kappa shape index (κ2) is 4.79. The predicted octanol–water partition coefficient (Wildman–Crippen LogP) is 0.221. The molecule has 2 rings (SSSR count). The van der Waals surface area contributed by atoms with E-state index < -0.39 is 0 Å². The van der Waals surface area contributed by atoms with Gasteiger partial charge in [-0.15, -0.1) is 0 Å². The maximum atomic E-state index is 5.56. The van der Waals surface area contributed by atoms with Crippen molar-refractivity contribution in [3.63, 3.8) is 0 Å². The minimum atomic E-state index is 0.600. The molecule has 1 fully saturated rings. The van der Waals surface area contributed by atoms with Crippen LogP contribution < -0.4 is 5.73 Å². The van der Waals surface area contributed by atoms with Crippen LogP contribution in [0.4, 0.5) is 0 Å². The van der Waals surface area contributed by atoms with Crippen molar-refractivity contribution in [2.24, 2.45) is 5.73 Å². The largest absolute Gasteiger partial charge is 0.364 e. The molecule has 0 unspecified atom stereocenters. The van der Waals surface area contributed by atoms with Crippen molar-refractivity contribution in [3.05, 3.63) is 23.5 Å². The van der Waals surface area contributed by atoms with Gasteiger partial charge in [0, 0.05) is 51.2 Å². The van der Waals surface area contributed by atoms with Crippen LogP contribution in [0.5, 0.6) is 0 Å². The summed E-state index contributed by atoms with van der Waals surface area (Å²) < 4.78 is 0. The first-order valence-electron chi connectivity index (χ1n) is 5.55. The number of nitrogens with one attached hydrogen (secondary N) is 1. The normalized spacial score (nSPS) is 19.6. The first-order chi connectivity index (χ1) is 7.28. The van der Waals surface area contributed by atoms with Crippen molar-refractivity contribution >= 4 is 0 Å². The molecule has 84 valence electrons. The fourth-order valence-corrected chi connectivity index (χ4v) is 1.97. The summed E-state index contributed by atoms with van der Waals surface area (Å²) in [6, 6.07) is 2.16. The Balaban J connectivity index is 1.86. The van der Waals surface area contributed by atoms with Gasteiger partial charge in [-0.3, -0.25) is 4.90 Å². The third kappa shape index (κ3) is 2.81. The van der Waals surface area contributed by atoms with Crippen molar-refractivity contribution < 1.29 is 0 Å². The molecular weight excluding hydrogens is 188 g/mol. The molecule has 0 saturated carbocycles. The zero-order chi connectivity index (χ0) is 10.7. The van der Waals surface area contributed by atoms with Gasteiger partial charge in [-0.05, 0) is 18.7 Å². The molecule has 1 saturated heterocycles. The van der Waals surface area contributed by atoms with E-state index in [2.05, 4.69) is 34.1 Å². The van der Waals surface area contributed by atoms with Gasteiger partial charge in [0.2, 0.25) is 0 Å². The summed E-state index contributed by atoms with van der Waals surface area (Å²) in [7, 11) is 2.18. The standard InChI is InChI=1S/C11H20N4/c1-14-2-4-15(5-3-14)9-10-6-11(7-12)13-8-10/h6,8,13H,2-5,7,9,12H2,1H3. The van der Waals surface area contributed by atoms with Gasteiger partial charge in [0.25, 0.3) is 0 Å². The molecule has 4 nitrogen and oxygen atoms in total. The van der Waals surface area contributed by atoms with Crippen LogP contribution in [0.15, 0.2) is 12.3 Å². The number of hydrogen-bond acceptors (Lipinski definition) is 3. The van der Waals surface area contributed by atoms with E-state index in [1.54, 1.807) is 0 Å². The summed E-state index contributed by atoms with van der Waals surface area (Å²) in [5.74, 6) is 0. The van der Waals surface area contributed by atoms with Crippen molar-refractivity contribution in [1.82, 2.24) is 14.8 Å². The van der Waals surface area contributed by atoms with Gasteiger partial charge in [0.1, 0.15) is 0 Å². The monoisotopic (exact) mass is 208 g/mol. The molecular formula is C11H20N4. The third-order valence-corrected chi connectivity index (χ3v) is 3.02. The number of hydrogen-bond donors (Lipinski definition) is 2. The van der Waals surface area contributed by atoms with Crippen LogP contribution >= 0.6 is 0 Å². The van der Waals surface area contributed by atoms with Crippen LogP contribution in [0.3, 0.4) is 0 Å². The lowest BCUT2D eigenvalue weighted by molar-refractivity contribution is 0.148. The molecule has 0 aliphatic carbocycles. The summed E-state index contributed by atoms with van der Waals surface area (Å²) in [6.45, 7) is 6.33. The second-order valence-electron chi connectivity index (χ2n) is 4.32. The summed E-state index contributed by atoms with van der Waals surface area (Å²) in [4.78, 5) is 8.06. The predicted molar refractivity (Wildman–Crippen MR) is 61.5 cm³/mol. The quantitative estimate of drug-likeness (QED) is 0.747. The molecule has 1 aromatic heterocycles. The van der Waals surface area contributed by atoms with Crippen LogP contribution in [-0.4, -0.2) is 48.0 Å². The number of likely N-dealkylation sites (N-methyl/N-ethyl adjacent to an activating group) is 1. The maximum absolute atomic E-state index is 5.56. The Morgan fingerprint density at radius 1 is 1.33 bits per heavy atom. The Kier molecular flexibility index (Phi) is 3.41. The van der Waals surface area contributed by atoms with Gasteiger partial charge in [-0.25, -0.2) is 0 Å². The fourth-order valence-electron chi connectivity index (χ4n) is 1.97. The first-order valence-corrected chi connectivity index (χ1v) is 5.55. The lowest BCUT2D eigenvalue weighted by atomic mass is 10.2. The van der Waals surface area contributed by atoms with Gasteiger partial charge in [-0.1, -0.05) is 0 Å². The van der Waals surface area contributed by atoms with Crippen LogP contribution in [0.25, 0.3) is 0 Å². The van der Waals surface area contributed by atoms with Crippen molar-refractivity contribution in [1.29, 1.82) is 0 Å². The zero-order valence-corrected chi connectivity index (χ0v) is 9.37. The van der Waals surface area contributed by atoms with Gasteiger partial charge in [0.05, 0.1) is 0 Å². The molecule has 0 atom stereocenters. The Hall–Kier alpha value is -0.840. The third-order valence-electron chi connectivity index (χ3n) is 3.02. The van der Waals surface area contributed by atoms with E-state index in [1.807, 2.05) is 0 Å². The highest BCUT2D eigenvalue weighted by Gasteiger charge is 2.13. The highest BCUT2D eigenvalue weighted by Crippen LogP contribution is 2.09. The van der Waals surface area contributed by atoms with E-state index in [9.17, 15) is 0 Å². The van der Waals surface area contributed by atoms with E-state index in [1.165, 1.54) is 31.7 Å². The minimum Gasteiger partial charge on any atom is -0.364 e. The number of aromatic nitrogens is 1. The molecule has 0 radical (unpaired) electrons. The SMILES string of the molecule is CN1CCN(Cc2c[nH]c(CN)c2)CC1. The van der Waals surface area contributed by atoms with Crippen LogP contribution in [0.2, 0.25) is 0 Å². The highest BCUT2D eigenvalue weighted by atomic mass is 15.2. The molecule has 1 aliphatic rings. The summed E-state index contributed by atoms with van der Waals surface area (Å²) >= 11 is 0. The molecule has 0 spiro atoms. The molecule has 1 aromatic rings. The smallest absolute Gasteiger partial charge is 0.0332 e. The lowest BCUT2D eigenvalue weighted by Gasteiger charge is -2.32. The van der Waals surface area contributed by atoms with E-state index in [4.69, 9.17) is 5.73 Å². The number of nitrogens with zero attached hydrogens (tertiary/aromatic N) is 2. The van der Waals surface area contributed by atoms with Gasteiger partial charge >= 0.3 is 0 Å². The van der Waals surface area contributed by atoms with Crippen molar-refractivity contribution in [3.8, 4) is 0 Å². The molecule has 1 aliphatic heterocycles. The Morgan fingerprint density at radius 2 is 2.07 bits per heavy atom. The fraction of sp³-hybridized carbons (Fsp3) is 0.636. The van der Waals surface area contributed by atoms with Gasteiger partial charge < -0.3 is 15.6 Å². The first kappa shape index (κ1) is 10.7. The topological polar surface area (TPSA) is 48.3 Å². The number of rotatable bonds is 3. The average Bonchev–Trinajstić information content (AvgIpc) is 2.69. The summed E-state index contributed by atoms with van der Waals surface area (Å²) in [5.41, 5.74) is 8.03. The molecule has 0 amide bonds. The Morgan fingerprint density at radius 3 is 2.67 bits per heavy atom. The van der Waals surface area contributed by atoms with Gasteiger partial charge in [-0.2, -0.15) is 0 Å². The number of nitrogens with two attached hydrogens (primary N) is 1. The molecule has 4 heteroatoms. The Labute approximate surface area is 91.0 Å². The van der Waals surface area contributed by atoms with Crippen LogP contribution in [-0.2, 0) is 13.1 Å². The summed E-state index contributed by atoms with van der Waals surface area (Å²) in [5, 5.41) is 0. The van der Waals surface area contributed by atoms with E-state index in [0.29, 0.717) is 6.54 Å². The average molecular weight is 208 g/mol.